The summed E-state index contributed by atoms with van der Waals surface area (Å²) in [7, 11) is 1.26. The van der Waals surface area contributed by atoms with Gasteiger partial charge in [0.25, 0.3) is 0 Å². The SMILES string of the molecule is C=CC(C)(C)CC=C(NC(=O)OCc1ccccc1)C(=O)OC. The van der Waals surface area contributed by atoms with Gasteiger partial charge in [-0.25, -0.2) is 9.59 Å². The van der Waals surface area contributed by atoms with Crippen LogP contribution in [0.25, 0.3) is 0 Å². The normalized spacial score (nSPS) is 11.5. The Balaban J connectivity index is 2.66. The summed E-state index contributed by atoms with van der Waals surface area (Å²) in [6.45, 7) is 7.81. The van der Waals surface area contributed by atoms with Gasteiger partial charge in [0.1, 0.15) is 12.3 Å². The number of allylic oxidation sites excluding steroid dienone is 2. The van der Waals surface area contributed by atoms with Gasteiger partial charge in [-0.3, -0.25) is 5.32 Å². The number of rotatable bonds is 7. The average Bonchev–Trinajstić information content (AvgIpc) is 2.57. The van der Waals surface area contributed by atoms with Gasteiger partial charge in [0, 0.05) is 0 Å². The molecule has 0 atom stereocenters. The van der Waals surface area contributed by atoms with Crippen molar-refractivity contribution in [2.75, 3.05) is 7.11 Å². The highest BCUT2D eigenvalue weighted by Gasteiger charge is 2.17. The Kier molecular flexibility index (Phi) is 7.06. The summed E-state index contributed by atoms with van der Waals surface area (Å²) in [6.07, 6.45) is 3.21. The number of alkyl carbamates (subject to hydrolysis) is 1. The fourth-order valence-corrected chi connectivity index (χ4v) is 1.61. The first-order valence-corrected chi connectivity index (χ1v) is 7.28. The third kappa shape index (κ3) is 6.82. The lowest BCUT2D eigenvalue weighted by molar-refractivity contribution is -0.136. The number of amides is 1. The summed E-state index contributed by atoms with van der Waals surface area (Å²) < 4.78 is 9.76. The third-order valence-electron chi connectivity index (χ3n) is 3.24. The molecular weight excluding hydrogens is 294 g/mol. The first-order chi connectivity index (χ1) is 10.9. The van der Waals surface area contributed by atoms with E-state index in [1.807, 2.05) is 44.2 Å². The van der Waals surface area contributed by atoms with Crippen molar-refractivity contribution in [3.63, 3.8) is 0 Å². The van der Waals surface area contributed by atoms with Crippen molar-refractivity contribution in [3.8, 4) is 0 Å². The molecule has 5 nitrogen and oxygen atoms in total. The zero-order chi connectivity index (χ0) is 17.3. The molecule has 0 heterocycles. The minimum absolute atomic E-state index is 0.0560. The lowest BCUT2D eigenvalue weighted by Gasteiger charge is -2.17. The average molecular weight is 317 g/mol. The highest BCUT2D eigenvalue weighted by Crippen LogP contribution is 2.22. The molecule has 1 aromatic carbocycles. The predicted molar refractivity (Wildman–Crippen MR) is 88.5 cm³/mol. The van der Waals surface area contributed by atoms with Gasteiger partial charge in [-0.2, -0.15) is 0 Å². The van der Waals surface area contributed by atoms with E-state index in [9.17, 15) is 9.59 Å². The van der Waals surface area contributed by atoms with E-state index in [1.165, 1.54) is 7.11 Å². The summed E-state index contributed by atoms with van der Waals surface area (Å²) >= 11 is 0. The zero-order valence-electron chi connectivity index (χ0n) is 13.8. The number of methoxy groups -OCH3 is 1. The highest BCUT2D eigenvalue weighted by atomic mass is 16.6. The van der Waals surface area contributed by atoms with Gasteiger partial charge in [0.2, 0.25) is 0 Å². The molecule has 0 aromatic heterocycles. The van der Waals surface area contributed by atoms with Crippen LogP contribution in [0, 0.1) is 5.41 Å². The van der Waals surface area contributed by atoms with Crippen LogP contribution in [0.3, 0.4) is 0 Å². The standard InChI is InChI=1S/C18H23NO4/c1-5-18(2,3)12-11-15(16(20)22-4)19-17(21)23-13-14-9-7-6-8-10-14/h5-11H,1,12-13H2,2-4H3,(H,19,21). The Labute approximate surface area is 137 Å². The number of nitrogens with one attached hydrogen (secondary N) is 1. The molecule has 0 radical (unpaired) electrons. The summed E-state index contributed by atoms with van der Waals surface area (Å²) in [5, 5.41) is 2.43. The molecule has 1 N–H and O–H groups in total. The molecule has 0 aliphatic carbocycles. The van der Waals surface area contributed by atoms with E-state index in [-0.39, 0.29) is 17.7 Å². The molecule has 1 amide bonds. The minimum atomic E-state index is -0.707. The molecule has 0 saturated heterocycles. The van der Waals surface area contributed by atoms with E-state index in [2.05, 4.69) is 16.6 Å². The van der Waals surface area contributed by atoms with Crippen molar-refractivity contribution < 1.29 is 19.1 Å². The number of hydrogen-bond donors (Lipinski definition) is 1. The molecular formula is C18H23NO4. The second-order valence-electron chi connectivity index (χ2n) is 5.69. The molecule has 1 rings (SSSR count). The predicted octanol–water partition coefficient (Wildman–Crippen LogP) is 3.57. The maximum atomic E-state index is 11.8. The van der Waals surface area contributed by atoms with Crippen molar-refractivity contribution in [1.29, 1.82) is 0 Å². The molecule has 124 valence electrons. The molecule has 0 aliphatic heterocycles. The zero-order valence-corrected chi connectivity index (χ0v) is 13.8. The summed E-state index contributed by atoms with van der Waals surface area (Å²) in [5.74, 6) is -0.624. The molecule has 0 bridgehead atoms. The molecule has 0 spiro atoms. The van der Waals surface area contributed by atoms with Crippen LogP contribution in [0.4, 0.5) is 4.79 Å². The van der Waals surface area contributed by atoms with Crippen molar-refractivity contribution in [1.82, 2.24) is 5.32 Å². The topological polar surface area (TPSA) is 64.6 Å². The van der Waals surface area contributed by atoms with Gasteiger partial charge in [-0.05, 0) is 17.4 Å². The van der Waals surface area contributed by atoms with E-state index in [1.54, 1.807) is 12.2 Å². The second-order valence-corrected chi connectivity index (χ2v) is 5.69. The van der Waals surface area contributed by atoms with Crippen LogP contribution in [-0.4, -0.2) is 19.2 Å². The van der Waals surface area contributed by atoms with Crippen molar-refractivity contribution in [3.05, 3.63) is 60.3 Å². The second kappa shape index (κ2) is 8.78. The number of benzene rings is 1. The molecule has 1 aromatic rings. The number of hydrogen-bond acceptors (Lipinski definition) is 4. The summed E-state index contributed by atoms with van der Waals surface area (Å²) in [4.78, 5) is 23.6. The van der Waals surface area contributed by atoms with Crippen LogP contribution < -0.4 is 5.32 Å². The first-order valence-electron chi connectivity index (χ1n) is 7.28. The van der Waals surface area contributed by atoms with Crippen LogP contribution in [0.2, 0.25) is 0 Å². The molecule has 0 fully saturated rings. The van der Waals surface area contributed by atoms with Crippen molar-refractivity contribution in [2.45, 2.75) is 26.9 Å². The maximum Gasteiger partial charge on any atom is 0.412 e. The van der Waals surface area contributed by atoms with Crippen molar-refractivity contribution >= 4 is 12.1 Å². The fourth-order valence-electron chi connectivity index (χ4n) is 1.61. The van der Waals surface area contributed by atoms with Gasteiger partial charge >= 0.3 is 12.1 Å². The lowest BCUT2D eigenvalue weighted by Crippen LogP contribution is -2.29. The smallest absolute Gasteiger partial charge is 0.412 e. The number of carbonyl (C=O) groups is 2. The maximum absolute atomic E-state index is 11.8. The Bertz CT molecular complexity index is 576. The van der Waals surface area contributed by atoms with Crippen molar-refractivity contribution in [2.24, 2.45) is 5.41 Å². The number of ether oxygens (including phenoxy) is 2. The van der Waals surface area contributed by atoms with Crippen LogP contribution in [-0.2, 0) is 20.9 Å². The van der Waals surface area contributed by atoms with Crippen LogP contribution >= 0.6 is 0 Å². The lowest BCUT2D eigenvalue weighted by atomic mass is 9.89. The first kappa shape index (κ1) is 18.5. The third-order valence-corrected chi connectivity index (χ3v) is 3.24. The Hall–Kier alpha value is -2.56. The van der Waals surface area contributed by atoms with Gasteiger partial charge < -0.3 is 9.47 Å². The van der Waals surface area contributed by atoms with E-state index in [0.717, 1.165) is 5.56 Å². The molecule has 0 unspecified atom stereocenters. The largest absolute Gasteiger partial charge is 0.464 e. The fraction of sp³-hybridized carbons (Fsp3) is 0.333. The van der Waals surface area contributed by atoms with Crippen LogP contribution in [0.5, 0.6) is 0 Å². The van der Waals surface area contributed by atoms with Crippen LogP contribution in [0.15, 0.2) is 54.8 Å². The van der Waals surface area contributed by atoms with E-state index in [0.29, 0.717) is 6.42 Å². The minimum Gasteiger partial charge on any atom is -0.464 e. The quantitative estimate of drug-likeness (QED) is 0.474. The Morgan fingerprint density at radius 2 is 1.91 bits per heavy atom. The molecule has 0 saturated carbocycles. The molecule has 23 heavy (non-hydrogen) atoms. The van der Waals surface area contributed by atoms with Gasteiger partial charge in [-0.1, -0.05) is 56.3 Å². The summed E-state index contributed by atoms with van der Waals surface area (Å²) in [5.41, 5.74) is 0.717. The summed E-state index contributed by atoms with van der Waals surface area (Å²) in [6, 6.07) is 9.28. The monoisotopic (exact) mass is 317 g/mol. The Morgan fingerprint density at radius 3 is 2.48 bits per heavy atom. The van der Waals surface area contributed by atoms with E-state index >= 15 is 0 Å². The van der Waals surface area contributed by atoms with Gasteiger partial charge in [0.05, 0.1) is 7.11 Å². The van der Waals surface area contributed by atoms with Crippen LogP contribution in [0.1, 0.15) is 25.8 Å². The number of carbonyl (C=O) groups excluding carboxylic acids is 2. The van der Waals surface area contributed by atoms with Gasteiger partial charge in [-0.15, -0.1) is 6.58 Å². The Morgan fingerprint density at radius 1 is 1.26 bits per heavy atom. The van der Waals surface area contributed by atoms with Gasteiger partial charge in [0.15, 0.2) is 0 Å². The van der Waals surface area contributed by atoms with E-state index in [4.69, 9.17) is 4.74 Å². The van der Waals surface area contributed by atoms with E-state index < -0.39 is 12.1 Å². The highest BCUT2D eigenvalue weighted by molar-refractivity contribution is 5.92. The molecule has 0 aliphatic rings. The molecule has 5 heteroatoms. The number of esters is 1.